The molecule has 1 aliphatic rings. The molecule has 1 fully saturated rings. The monoisotopic (exact) mass is 262 g/mol. The van der Waals surface area contributed by atoms with Crippen LogP contribution < -0.4 is 10.0 Å². The summed E-state index contributed by atoms with van der Waals surface area (Å²) >= 11 is 0. The Morgan fingerprint density at radius 2 is 2.06 bits per heavy atom. The SMILES string of the molecule is C[C@@H]1CCC[C@H](NC(=O)CCNS(C)(=O)=O)C1. The molecule has 6 heteroatoms. The molecule has 0 heterocycles. The smallest absolute Gasteiger partial charge is 0.221 e. The van der Waals surface area contributed by atoms with Crippen LogP contribution in [0.4, 0.5) is 0 Å². The Kier molecular flexibility index (Phi) is 5.39. The number of carbonyl (C=O) groups excluding carboxylic acids is 1. The molecule has 0 aliphatic heterocycles. The Balaban J connectivity index is 2.20. The molecule has 100 valence electrons. The van der Waals surface area contributed by atoms with Gasteiger partial charge in [-0.3, -0.25) is 4.79 Å². The standard InChI is InChI=1S/C11H22N2O3S/c1-9-4-3-5-10(8-9)13-11(14)6-7-12-17(2,15)16/h9-10,12H,3-8H2,1-2H3,(H,13,14)/t9-,10+/m1/s1. The van der Waals surface area contributed by atoms with Gasteiger partial charge in [-0.15, -0.1) is 0 Å². The molecule has 0 unspecified atom stereocenters. The van der Waals surface area contributed by atoms with Gasteiger partial charge in [-0.25, -0.2) is 13.1 Å². The maximum absolute atomic E-state index is 11.6. The molecule has 0 saturated heterocycles. The van der Waals surface area contributed by atoms with E-state index in [9.17, 15) is 13.2 Å². The van der Waals surface area contributed by atoms with Crippen LogP contribution >= 0.6 is 0 Å². The van der Waals surface area contributed by atoms with Gasteiger partial charge >= 0.3 is 0 Å². The first-order valence-corrected chi connectivity index (χ1v) is 8.00. The quantitative estimate of drug-likeness (QED) is 0.762. The average Bonchev–Trinajstić information content (AvgIpc) is 2.15. The molecule has 17 heavy (non-hydrogen) atoms. The first kappa shape index (κ1) is 14.4. The molecule has 2 N–H and O–H groups in total. The van der Waals surface area contributed by atoms with Crippen LogP contribution in [0.5, 0.6) is 0 Å². The van der Waals surface area contributed by atoms with Gasteiger partial charge in [0, 0.05) is 19.0 Å². The van der Waals surface area contributed by atoms with Crippen molar-refractivity contribution in [2.24, 2.45) is 5.92 Å². The number of hydrogen-bond acceptors (Lipinski definition) is 3. The lowest BCUT2D eigenvalue weighted by atomic mass is 9.87. The van der Waals surface area contributed by atoms with Crippen LogP contribution in [0.15, 0.2) is 0 Å². The summed E-state index contributed by atoms with van der Waals surface area (Å²) in [5.41, 5.74) is 0. The number of nitrogens with one attached hydrogen (secondary N) is 2. The van der Waals surface area contributed by atoms with Crippen molar-refractivity contribution in [3.63, 3.8) is 0 Å². The average molecular weight is 262 g/mol. The molecule has 1 saturated carbocycles. The lowest BCUT2D eigenvalue weighted by molar-refractivity contribution is -0.121. The number of carbonyl (C=O) groups is 1. The van der Waals surface area contributed by atoms with Crippen LogP contribution in [0.3, 0.4) is 0 Å². The molecule has 0 aromatic rings. The maximum atomic E-state index is 11.6. The van der Waals surface area contributed by atoms with E-state index in [-0.39, 0.29) is 24.9 Å². The van der Waals surface area contributed by atoms with Crippen molar-refractivity contribution < 1.29 is 13.2 Å². The summed E-state index contributed by atoms with van der Waals surface area (Å²) in [7, 11) is -3.19. The minimum Gasteiger partial charge on any atom is -0.353 e. The van der Waals surface area contributed by atoms with Gasteiger partial charge in [0.1, 0.15) is 0 Å². The van der Waals surface area contributed by atoms with E-state index in [1.165, 1.54) is 6.42 Å². The number of hydrogen-bond donors (Lipinski definition) is 2. The van der Waals surface area contributed by atoms with Gasteiger partial charge in [-0.2, -0.15) is 0 Å². The molecule has 1 amide bonds. The zero-order valence-electron chi connectivity index (χ0n) is 10.5. The zero-order valence-corrected chi connectivity index (χ0v) is 11.3. The largest absolute Gasteiger partial charge is 0.353 e. The maximum Gasteiger partial charge on any atom is 0.221 e. The highest BCUT2D eigenvalue weighted by molar-refractivity contribution is 7.88. The summed E-state index contributed by atoms with van der Waals surface area (Å²) in [6.07, 6.45) is 5.77. The Morgan fingerprint density at radius 1 is 1.35 bits per heavy atom. The Morgan fingerprint density at radius 3 is 2.65 bits per heavy atom. The zero-order chi connectivity index (χ0) is 12.9. The van der Waals surface area contributed by atoms with Crippen LogP contribution in [0.2, 0.25) is 0 Å². The van der Waals surface area contributed by atoms with Crippen molar-refractivity contribution in [2.75, 3.05) is 12.8 Å². The highest BCUT2D eigenvalue weighted by atomic mass is 32.2. The molecule has 5 nitrogen and oxygen atoms in total. The van der Waals surface area contributed by atoms with Gasteiger partial charge in [0.15, 0.2) is 0 Å². The third kappa shape index (κ3) is 6.63. The van der Waals surface area contributed by atoms with Crippen LogP contribution in [-0.4, -0.2) is 33.2 Å². The second kappa shape index (κ2) is 6.35. The number of amides is 1. The molecular weight excluding hydrogens is 240 g/mol. The van der Waals surface area contributed by atoms with E-state index < -0.39 is 10.0 Å². The van der Waals surface area contributed by atoms with Crippen molar-refractivity contribution in [3.8, 4) is 0 Å². The fourth-order valence-electron chi connectivity index (χ4n) is 2.22. The molecule has 0 radical (unpaired) electrons. The van der Waals surface area contributed by atoms with E-state index in [1.54, 1.807) is 0 Å². The highest BCUT2D eigenvalue weighted by Gasteiger charge is 2.20. The van der Waals surface area contributed by atoms with Gasteiger partial charge < -0.3 is 5.32 Å². The van der Waals surface area contributed by atoms with Gasteiger partial charge in [-0.05, 0) is 18.8 Å². The van der Waals surface area contributed by atoms with E-state index in [4.69, 9.17) is 0 Å². The van der Waals surface area contributed by atoms with E-state index in [1.807, 2.05) is 0 Å². The molecular formula is C11H22N2O3S. The lowest BCUT2D eigenvalue weighted by Crippen LogP contribution is -2.39. The minimum absolute atomic E-state index is 0.0692. The van der Waals surface area contributed by atoms with Crippen LogP contribution in [0, 0.1) is 5.92 Å². The summed E-state index contributed by atoms with van der Waals surface area (Å²) < 4.78 is 23.9. The Bertz CT molecular complexity index is 354. The summed E-state index contributed by atoms with van der Waals surface area (Å²) in [6.45, 7) is 2.37. The highest BCUT2D eigenvalue weighted by Crippen LogP contribution is 2.23. The Hall–Kier alpha value is -0.620. The number of rotatable bonds is 5. The molecule has 0 aromatic carbocycles. The first-order valence-electron chi connectivity index (χ1n) is 6.11. The molecule has 0 aromatic heterocycles. The first-order chi connectivity index (χ1) is 7.87. The van der Waals surface area contributed by atoms with E-state index in [0.717, 1.165) is 25.5 Å². The fraction of sp³-hybridized carbons (Fsp3) is 0.909. The summed E-state index contributed by atoms with van der Waals surface area (Å²) in [4.78, 5) is 11.6. The Labute approximate surface area is 103 Å². The van der Waals surface area contributed by atoms with Crippen molar-refractivity contribution >= 4 is 15.9 Å². The molecule has 0 bridgehead atoms. The topological polar surface area (TPSA) is 75.3 Å². The molecule has 0 spiro atoms. The van der Waals surface area contributed by atoms with Gasteiger partial charge in [0.25, 0.3) is 0 Å². The van der Waals surface area contributed by atoms with Crippen molar-refractivity contribution in [1.29, 1.82) is 0 Å². The van der Waals surface area contributed by atoms with Crippen LogP contribution in [-0.2, 0) is 14.8 Å². The van der Waals surface area contributed by atoms with E-state index in [0.29, 0.717) is 5.92 Å². The second-order valence-electron chi connectivity index (χ2n) is 4.95. The molecule has 1 rings (SSSR count). The van der Waals surface area contributed by atoms with Crippen molar-refractivity contribution in [2.45, 2.75) is 45.1 Å². The van der Waals surface area contributed by atoms with Gasteiger partial charge in [0.2, 0.25) is 15.9 Å². The van der Waals surface area contributed by atoms with Crippen molar-refractivity contribution in [1.82, 2.24) is 10.0 Å². The van der Waals surface area contributed by atoms with Gasteiger partial charge in [-0.1, -0.05) is 19.8 Å². The van der Waals surface area contributed by atoms with Crippen molar-refractivity contribution in [3.05, 3.63) is 0 Å². The third-order valence-corrected chi connectivity index (χ3v) is 3.75. The van der Waals surface area contributed by atoms with E-state index >= 15 is 0 Å². The second-order valence-corrected chi connectivity index (χ2v) is 6.79. The summed E-state index contributed by atoms with van der Waals surface area (Å²) in [6, 6.07) is 0.268. The predicted octanol–water partition coefficient (Wildman–Crippen LogP) is 0.621. The summed E-state index contributed by atoms with van der Waals surface area (Å²) in [5.74, 6) is 0.600. The normalized spacial score (nSPS) is 25.5. The predicted molar refractivity (Wildman–Crippen MR) is 67.0 cm³/mol. The fourth-order valence-corrected chi connectivity index (χ4v) is 2.69. The number of sulfonamides is 1. The van der Waals surface area contributed by atoms with E-state index in [2.05, 4.69) is 17.0 Å². The van der Waals surface area contributed by atoms with Gasteiger partial charge in [0.05, 0.1) is 6.26 Å². The molecule has 2 atom stereocenters. The minimum atomic E-state index is -3.19. The van der Waals surface area contributed by atoms with Crippen LogP contribution in [0.25, 0.3) is 0 Å². The summed E-state index contributed by atoms with van der Waals surface area (Å²) in [5, 5.41) is 2.96. The third-order valence-electron chi connectivity index (χ3n) is 3.02. The molecule has 1 aliphatic carbocycles. The van der Waals surface area contributed by atoms with Crippen LogP contribution in [0.1, 0.15) is 39.0 Å². The lowest BCUT2D eigenvalue weighted by Gasteiger charge is -2.27.